The van der Waals surface area contributed by atoms with Crippen molar-refractivity contribution in [2.75, 3.05) is 0 Å². The third kappa shape index (κ3) is 4.25. The fraction of sp³-hybridized carbons (Fsp3) is 0.370. The molecule has 1 aromatic carbocycles. The van der Waals surface area contributed by atoms with Crippen molar-refractivity contribution in [1.82, 2.24) is 4.90 Å². The number of hydrogen-bond donors (Lipinski definition) is 1. The molecule has 1 saturated heterocycles. The van der Waals surface area contributed by atoms with E-state index in [1.165, 1.54) is 34.4 Å². The Hall–Kier alpha value is -3.79. The number of aryl methyl sites for hydroxylation is 2. The van der Waals surface area contributed by atoms with Gasteiger partial charge in [0.05, 0.1) is 16.9 Å². The van der Waals surface area contributed by atoms with Gasteiger partial charge in [-0.25, -0.2) is 0 Å². The smallest absolute Gasteiger partial charge is 0.269 e. The van der Waals surface area contributed by atoms with Crippen molar-refractivity contribution in [1.29, 1.82) is 0 Å². The van der Waals surface area contributed by atoms with Gasteiger partial charge in [0.1, 0.15) is 11.8 Å². The molecule has 3 aromatic rings. The number of Topliss-reactive ketones (excluding diaryl/α,β-unsaturated/α-hetero) is 1. The van der Waals surface area contributed by atoms with Crippen molar-refractivity contribution in [2.45, 2.75) is 51.1 Å². The minimum Gasteiger partial charge on any atom is -0.458 e. The largest absolute Gasteiger partial charge is 0.458 e. The van der Waals surface area contributed by atoms with Gasteiger partial charge in [0.15, 0.2) is 5.76 Å². The van der Waals surface area contributed by atoms with E-state index in [-0.39, 0.29) is 29.1 Å². The lowest BCUT2D eigenvalue weighted by Crippen LogP contribution is -2.49. The molecule has 2 amide bonds. The van der Waals surface area contributed by atoms with Crippen LogP contribution in [0, 0.1) is 35.8 Å². The highest BCUT2D eigenvalue weighted by Crippen LogP contribution is 2.54. The highest BCUT2D eigenvalue weighted by atomic mass is 32.1. The molecule has 9 nitrogen and oxygen atoms in total. The van der Waals surface area contributed by atoms with Gasteiger partial charge >= 0.3 is 0 Å². The van der Waals surface area contributed by atoms with Gasteiger partial charge in [-0.1, -0.05) is 18.6 Å². The molecule has 3 heterocycles. The summed E-state index contributed by atoms with van der Waals surface area (Å²) in [5.41, 5.74) is 7.11. The Balaban J connectivity index is 1.76. The minimum absolute atomic E-state index is 0.110. The first-order chi connectivity index (χ1) is 17.7. The first-order valence-corrected chi connectivity index (χ1v) is 13.1. The van der Waals surface area contributed by atoms with Crippen LogP contribution >= 0.6 is 11.3 Å². The van der Waals surface area contributed by atoms with Crippen molar-refractivity contribution >= 4 is 34.6 Å². The van der Waals surface area contributed by atoms with E-state index in [9.17, 15) is 24.5 Å². The van der Waals surface area contributed by atoms with Crippen LogP contribution in [0.3, 0.4) is 0 Å². The number of nitrogens with two attached hydrogens (primary N) is 1. The molecule has 5 rings (SSSR count). The topological polar surface area (TPSA) is 137 Å². The first kappa shape index (κ1) is 24.9. The zero-order valence-corrected chi connectivity index (χ0v) is 21.3. The number of carbonyl (C=O) groups excluding carboxylic acids is 3. The van der Waals surface area contributed by atoms with Crippen LogP contribution in [-0.4, -0.2) is 33.5 Å². The Kier molecular flexibility index (Phi) is 6.45. The average molecular weight is 522 g/mol. The molecular formula is C27H27N3O6S. The number of rotatable bonds is 7. The Morgan fingerprint density at radius 1 is 1.14 bits per heavy atom. The predicted molar refractivity (Wildman–Crippen MR) is 136 cm³/mol. The van der Waals surface area contributed by atoms with Gasteiger partial charge in [-0.2, -0.15) is 0 Å². The fourth-order valence-corrected chi connectivity index (χ4v) is 6.73. The van der Waals surface area contributed by atoms with Crippen LogP contribution in [0.1, 0.15) is 63.5 Å². The third-order valence-corrected chi connectivity index (χ3v) is 8.70. The SMILES string of the molecule is Cc1ccc(C(=O)C2C(c3sccc3C)C(C(N)=O)N(C(=O)C3CCC3)C2c2cccc([N+](=O)[O-])c2)o1. The summed E-state index contributed by atoms with van der Waals surface area (Å²) in [5, 5.41) is 13.5. The molecule has 192 valence electrons. The molecule has 0 spiro atoms. The molecule has 1 aliphatic carbocycles. The fourth-order valence-electron chi connectivity index (χ4n) is 5.63. The monoisotopic (exact) mass is 521 g/mol. The van der Waals surface area contributed by atoms with Crippen LogP contribution in [0.2, 0.25) is 0 Å². The molecule has 10 heteroatoms. The number of non-ortho nitro benzene ring substituents is 1. The number of primary amides is 1. The summed E-state index contributed by atoms with van der Waals surface area (Å²) in [4.78, 5) is 54.5. The molecule has 2 aromatic heterocycles. The number of ketones is 1. The van der Waals surface area contributed by atoms with Gasteiger partial charge in [0.25, 0.3) is 5.69 Å². The van der Waals surface area contributed by atoms with Gasteiger partial charge in [-0.15, -0.1) is 11.3 Å². The minimum atomic E-state index is -1.10. The number of furan rings is 1. The normalized spacial score (nSPS) is 23.6. The lowest BCUT2D eigenvalue weighted by molar-refractivity contribution is -0.385. The number of nitro benzene ring substituents is 1. The molecular weight excluding hydrogens is 494 g/mol. The van der Waals surface area contributed by atoms with E-state index >= 15 is 0 Å². The highest BCUT2D eigenvalue weighted by molar-refractivity contribution is 7.10. The van der Waals surface area contributed by atoms with E-state index in [1.54, 1.807) is 25.1 Å². The van der Waals surface area contributed by atoms with Crippen LogP contribution in [0.4, 0.5) is 5.69 Å². The number of carbonyl (C=O) groups is 3. The van der Waals surface area contributed by atoms with E-state index in [0.717, 1.165) is 16.9 Å². The molecule has 2 N–H and O–H groups in total. The summed E-state index contributed by atoms with van der Waals surface area (Å²) in [5.74, 6) is -2.65. The number of benzene rings is 1. The lowest BCUT2D eigenvalue weighted by Gasteiger charge is -2.36. The maximum absolute atomic E-state index is 14.2. The number of likely N-dealkylation sites (tertiary alicyclic amines) is 1. The molecule has 2 fully saturated rings. The number of nitrogens with zero attached hydrogens (tertiary/aromatic N) is 2. The Morgan fingerprint density at radius 3 is 2.43 bits per heavy atom. The standard InChI is InChI=1S/C27H27N3O6S/c1-14-11-12-37-25(14)21-20(24(31)19-10-9-15(2)36-19)22(17-7-4-8-18(13-17)30(34)35)29(23(21)26(28)32)27(33)16-5-3-6-16/h4,7-13,16,20-23H,3,5-6H2,1-2H3,(H2,28,32). The van der Waals surface area contributed by atoms with Crippen LogP contribution in [0.15, 0.2) is 52.3 Å². The van der Waals surface area contributed by atoms with Crippen LogP contribution in [-0.2, 0) is 9.59 Å². The van der Waals surface area contributed by atoms with Crippen molar-refractivity contribution < 1.29 is 23.7 Å². The predicted octanol–water partition coefficient (Wildman–Crippen LogP) is 4.69. The average Bonchev–Trinajstić information content (AvgIpc) is 3.53. The van der Waals surface area contributed by atoms with Gasteiger partial charge in [0, 0.05) is 28.8 Å². The number of thiophene rings is 1. The lowest BCUT2D eigenvalue weighted by atomic mass is 9.79. The van der Waals surface area contributed by atoms with E-state index < -0.39 is 34.7 Å². The summed E-state index contributed by atoms with van der Waals surface area (Å²) in [6.07, 6.45) is 2.26. The Labute approximate surface area is 217 Å². The maximum Gasteiger partial charge on any atom is 0.269 e. The number of amides is 2. The maximum atomic E-state index is 14.2. The molecule has 0 bridgehead atoms. The van der Waals surface area contributed by atoms with Crippen molar-refractivity contribution in [2.24, 2.45) is 17.6 Å². The summed E-state index contributed by atoms with van der Waals surface area (Å²) in [6.45, 7) is 3.62. The summed E-state index contributed by atoms with van der Waals surface area (Å²) >= 11 is 1.40. The molecule has 1 saturated carbocycles. The third-order valence-electron chi connectivity index (χ3n) is 7.58. The van der Waals surface area contributed by atoms with Crippen molar-refractivity contribution in [3.63, 3.8) is 0 Å². The molecule has 4 unspecified atom stereocenters. The second-order valence-corrected chi connectivity index (χ2v) is 10.8. The molecule has 37 heavy (non-hydrogen) atoms. The second kappa shape index (κ2) is 9.59. The van der Waals surface area contributed by atoms with Crippen LogP contribution in [0.5, 0.6) is 0 Å². The van der Waals surface area contributed by atoms with E-state index in [0.29, 0.717) is 24.2 Å². The van der Waals surface area contributed by atoms with Crippen LogP contribution in [0.25, 0.3) is 0 Å². The highest BCUT2D eigenvalue weighted by Gasteiger charge is 2.59. The molecule has 2 aliphatic rings. The van der Waals surface area contributed by atoms with E-state index in [2.05, 4.69) is 0 Å². The quantitative estimate of drug-likeness (QED) is 0.272. The Bertz CT molecular complexity index is 1390. The van der Waals surface area contributed by atoms with Gasteiger partial charge < -0.3 is 15.1 Å². The molecule has 1 aliphatic heterocycles. The second-order valence-electron chi connectivity index (χ2n) is 9.81. The number of hydrogen-bond acceptors (Lipinski definition) is 7. The first-order valence-electron chi connectivity index (χ1n) is 12.2. The van der Waals surface area contributed by atoms with Crippen molar-refractivity contribution in [3.8, 4) is 0 Å². The summed E-state index contributed by atoms with van der Waals surface area (Å²) in [6, 6.07) is 9.05. The van der Waals surface area contributed by atoms with Crippen molar-refractivity contribution in [3.05, 3.63) is 85.5 Å². The van der Waals surface area contributed by atoms with Crippen LogP contribution < -0.4 is 5.73 Å². The van der Waals surface area contributed by atoms with Gasteiger partial charge in [-0.3, -0.25) is 24.5 Å². The number of nitro groups is 1. The van der Waals surface area contributed by atoms with Gasteiger partial charge in [-0.05, 0) is 61.4 Å². The summed E-state index contributed by atoms with van der Waals surface area (Å²) in [7, 11) is 0. The van der Waals surface area contributed by atoms with E-state index in [1.807, 2.05) is 18.4 Å². The molecule has 4 atom stereocenters. The van der Waals surface area contributed by atoms with E-state index in [4.69, 9.17) is 10.2 Å². The molecule has 0 radical (unpaired) electrons. The van der Waals surface area contributed by atoms with Gasteiger partial charge in [0.2, 0.25) is 17.6 Å². The zero-order valence-electron chi connectivity index (χ0n) is 20.5. The summed E-state index contributed by atoms with van der Waals surface area (Å²) < 4.78 is 5.70. The zero-order chi connectivity index (χ0) is 26.4. The Morgan fingerprint density at radius 2 is 1.89 bits per heavy atom.